The predicted octanol–water partition coefficient (Wildman–Crippen LogP) is 13.4. The fourth-order valence-electron chi connectivity index (χ4n) is 7.45. The normalized spacial score (nSPS) is 11.3. The van der Waals surface area contributed by atoms with Crippen molar-refractivity contribution in [2.75, 3.05) is 0 Å². The van der Waals surface area contributed by atoms with Crippen LogP contribution in [0.2, 0.25) is 0 Å². The van der Waals surface area contributed by atoms with Crippen LogP contribution in [0.4, 0.5) is 0 Å². The number of nitrogens with zero attached hydrogens (tertiary/aromatic N) is 3. The molecule has 0 aliphatic heterocycles. The zero-order valence-electron chi connectivity index (χ0n) is 29.8. The highest BCUT2D eigenvalue weighted by molar-refractivity contribution is 6.19. The van der Waals surface area contributed by atoms with Crippen molar-refractivity contribution >= 4 is 21.9 Å². The van der Waals surface area contributed by atoms with Gasteiger partial charge in [0.1, 0.15) is 11.2 Å². The van der Waals surface area contributed by atoms with E-state index < -0.39 is 0 Å². The lowest BCUT2D eigenvalue weighted by Gasteiger charge is -2.12. The summed E-state index contributed by atoms with van der Waals surface area (Å²) in [6, 6.07) is 69.3. The van der Waals surface area contributed by atoms with E-state index in [-0.39, 0.29) is 0 Å². The molecule has 0 unspecified atom stereocenters. The molecule has 2 aromatic heterocycles. The van der Waals surface area contributed by atoms with Gasteiger partial charge in [0.2, 0.25) is 0 Å². The molecule has 0 atom stereocenters. The van der Waals surface area contributed by atoms with Gasteiger partial charge in [0.05, 0.1) is 5.56 Å². The van der Waals surface area contributed by atoms with Gasteiger partial charge in [-0.2, -0.15) is 0 Å². The van der Waals surface area contributed by atoms with E-state index in [0.29, 0.717) is 17.5 Å². The quantitative estimate of drug-likeness (QED) is 0.166. The van der Waals surface area contributed by atoms with E-state index >= 15 is 0 Å². The van der Waals surface area contributed by atoms with Crippen LogP contribution in [0.25, 0.3) is 101 Å². The molecule has 2 heterocycles. The molecule has 0 fully saturated rings. The SMILES string of the molecule is c1ccc(-c2cccc(-c3ccc(-c4nc(-c5ccccc5)nc(-c5ccccc5)n4)c4oc5c(-c6ccccc6)cc(-c6ccccc6)cc5c34)c2)cc1. The number of benzene rings is 8. The molecule has 0 saturated carbocycles. The van der Waals surface area contributed by atoms with Gasteiger partial charge in [-0.1, -0.05) is 176 Å². The number of fused-ring (bicyclic) bond motifs is 3. The van der Waals surface area contributed by atoms with Gasteiger partial charge < -0.3 is 4.42 Å². The highest BCUT2D eigenvalue weighted by Gasteiger charge is 2.23. The van der Waals surface area contributed by atoms with Crippen molar-refractivity contribution < 1.29 is 4.42 Å². The Balaban J connectivity index is 1.30. The van der Waals surface area contributed by atoms with Crippen molar-refractivity contribution in [3.05, 3.63) is 200 Å². The van der Waals surface area contributed by atoms with Crippen LogP contribution >= 0.6 is 0 Å². The van der Waals surface area contributed by atoms with Gasteiger partial charge in [0, 0.05) is 27.5 Å². The summed E-state index contributed by atoms with van der Waals surface area (Å²) in [6.45, 7) is 0. The van der Waals surface area contributed by atoms with E-state index in [1.807, 2.05) is 66.7 Å². The Labute approximate surface area is 319 Å². The molecular formula is C51H33N3O. The fraction of sp³-hybridized carbons (Fsp3) is 0. The predicted molar refractivity (Wildman–Crippen MR) is 225 cm³/mol. The van der Waals surface area contributed by atoms with Crippen molar-refractivity contribution in [3.63, 3.8) is 0 Å². The van der Waals surface area contributed by atoms with E-state index in [9.17, 15) is 0 Å². The minimum atomic E-state index is 0.547. The van der Waals surface area contributed by atoms with Gasteiger partial charge in [-0.05, 0) is 63.2 Å². The van der Waals surface area contributed by atoms with Crippen LogP contribution in [0.1, 0.15) is 0 Å². The first-order valence-corrected chi connectivity index (χ1v) is 18.4. The standard InChI is InChI=1S/C51H33N3O/c1-6-17-34(18-7-1)39-27-16-28-40(31-39)42-29-30-43(51-53-49(37-23-12-4-13-24-37)52-50(54-51)38-25-14-5-15-26-38)48-46(42)45-33-41(35-19-8-2-9-20-35)32-44(47(45)55-48)36-21-10-3-11-22-36/h1-33H. The molecule has 0 spiro atoms. The Morgan fingerprint density at radius 3 is 1.31 bits per heavy atom. The number of aromatic nitrogens is 3. The van der Waals surface area contributed by atoms with E-state index in [1.54, 1.807) is 0 Å². The maximum Gasteiger partial charge on any atom is 0.167 e. The van der Waals surface area contributed by atoms with Crippen LogP contribution in [0.5, 0.6) is 0 Å². The lowest BCUT2D eigenvalue weighted by Crippen LogP contribution is -2.00. The number of furan rings is 1. The Kier molecular flexibility index (Phi) is 8.12. The first-order chi connectivity index (χ1) is 27.3. The minimum Gasteiger partial charge on any atom is -0.455 e. The zero-order chi connectivity index (χ0) is 36.6. The maximum atomic E-state index is 7.18. The monoisotopic (exact) mass is 703 g/mol. The fourth-order valence-corrected chi connectivity index (χ4v) is 7.45. The molecule has 0 aliphatic rings. The molecule has 8 aromatic carbocycles. The number of rotatable bonds is 7. The molecule has 4 nitrogen and oxygen atoms in total. The summed E-state index contributed by atoms with van der Waals surface area (Å²) in [5.41, 5.74) is 13.0. The lowest BCUT2D eigenvalue weighted by molar-refractivity contribution is 0.670. The van der Waals surface area contributed by atoms with Crippen LogP contribution in [-0.2, 0) is 0 Å². The van der Waals surface area contributed by atoms with Crippen LogP contribution in [0, 0.1) is 0 Å². The second-order valence-electron chi connectivity index (χ2n) is 13.6. The maximum absolute atomic E-state index is 7.18. The van der Waals surface area contributed by atoms with Crippen molar-refractivity contribution in [3.8, 4) is 78.7 Å². The summed E-state index contributed by atoms with van der Waals surface area (Å²) in [7, 11) is 0. The first-order valence-electron chi connectivity index (χ1n) is 18.4. The van der Waals surface area contributed by atoms with Gasteiger partial charge in [0.15, 0.2) is 17.5 Å². The number of hydrogen-bond donors (Lipinski definition) is 0. The Hall–Kier alpha value is -7.43. The Bertz CT molecular complexity index is 2890. The molecule has 0 amide bonds. The zero-order valence-corrected chi connectivity index (χ0v) is 29.8. The van der Waals surface area contributed by atoms with E-state index in [0.717, 1.165) is 77.6 Å². The average molecular weight is 704 g/mol. The molecule has 0 aliphatic carbocycles. The molecular weight excluding hydrogens is 671 g/mol. The molecule has 4 heteroatoms. The highest BCUT2D eigenvalue weighted by atomic mass is 16.3. The summed E-state index contributed by atoms with van der Waals surface area (Å²) >= 11 is 0. The van der Waals surface area contributed by atoms with E-state index in [2.05, 4.69) is 133 Å². The molecule has 258 valence electrons. The van der Waals surface area contributed by atoms with Crippen LogP contribution < -0.4 is 0 Å². The van der Waals surface area contributed by atoms with Crippen LogP contribution in [0.3, 0.4) is 0 Å². The smallest absolute Gasteiger partial charge is 0.167 e. The van der Waals surface area contributed by atoms with Crippen molar-refractivity contribution in [2.45, 2.75) is 0 Å². The molecule has 10 aromatic rings. The average Bonchev–Trinajstić information content (AvgIpc) is 3.67. The van der Waals surface area contributed by atoms with Gasteiger partial charge in [-0.25, -0.2) is 15.0 Å². The lowest BCUT2D eigenvalue weighted by atomic mass is 9.92. The van der Waals surface area contributed by atoms with Gasteiger partial charge in [-0.15, -0.1) is 0 Å². The molecule has 0 saturated heterocycles. The summed E-state index contributed by atoms with van der Waals surface area (Å²) in [5.74, 6) is 1.75. The summed E-state index contributed by atoms with van der Waals surface area (Å²) < 4.78 is 7.18. The van der Waals surface area contributed by atoms with Crippen molar-refractivity contribution in [2.24, 2.45) is 0 Å². The molecule has 0 bridgehead atoms. The summed E-state index contributed by atoms with van der Waals surface area (Å²) in [5, 5.41) is 2.04. The Morgan fingerprint density at radius 1 is 0.273 bits per heavy atom. The third-order valence-corrected chi connectivity index (χ3v) is 10.1. The second kappa shape index (κ2) is 13.8. The van der Waals surface area contributed by atoms with E-state index in [4.69, 9.17) is 19.4 Å². The first kappa shape index (κ1) is 32.2. The van der Waals surface area contributed by atoms with Gasteiger partial charge in [-0.3, -0.25) is 0 Å². The van der Waals surface area contributed by atoms with Crippen LogP contribution in [-0.4, -0.2) is 15.0 Å². The topological polar surface area (TPSA) is 51.8 Å². The van der Waals surface area contributed by atoms with E-state index in [1.165, 1.54) is 5.56 Å². The number of hydrogen-bond acceptors (Lipinski definition) is 4. The molecule has 55 heavy (non-hydrogen) atoms. The molecule has 0 N–H and O–H groups in total. The molecule has 10 rings (SSSR count). The third-order valence-electron chi connectivity index (χ3n) is 10.1. The van der Waals surface area contributed by atoms with Crippen LogP contribution in [0.15, 0.2) is 205 Å². The minimum absolute atomic E-state index is 0.547. The van der Waals surface area contributed by atoms with Crippen molar-refractivity contribution in [1.29, 1.82) is 0 Å². The Morgan fingerprint density at radius 2 is 0.727 bits per heavy atom. The summed E-state index contributed by atoms with van der Waals surface area (Å²) in [6.07, 6.45) is 0. The summed E-state index contributed by atoms with van der Waals surface area (Å²) in [4.78, 5) is 15.3. The van der Waals surface area contributed by atoms with Gasteiger partial charge in [0.25, 0.3) is 0 Å². The molecule has 0 radical (unpaired) electrons. The second-order valence-corrected chi connectivity index (χ2v) is 13.6. The third kappa shape index (κ3) is 6.06. The van der Waals surface area contributed by atoms with Crippen molar-refractivity contribution in [1.82, 2.24) is 15.0 Å². The van der Waals surface area contributed by atoms with Gasteiger partial charge >= 0.3 is 0 Å². The largest absolute Gasteiger partial charge is 0.455 e. The highest BCUT2D eigenvalue weighted by Crippen LogP contribution is 2.46.